The van der Waals surface area contributed by atoms with Gasteiger partial charge in [0.2, 0.25) is 5.91 Å². The summed E-state index contributed by atoms with van der Waals surface area (Å²) in [4.78, 5) is 16.6. The molecule has 0 unspecified atom stereocenters. The van der Waals surface area contributed by atoms with Crippen LogP contribution in [0.4, 0.5) is 5.13 Å². The fourth-order valence-electron chi connectivity index (χ4n) is 2.24. The monoisotopic (exact) mass is 392 g/mol. The van der Waals surface area contributed by atoms with E-state index in [1.165, 1.54) is 11.3 Å². The Morgan fingerprint density at radius 1 is 1.20 bits per heavy atom. The van der Waals surface area contributed by atoms with Crippen molar-refractivity contribution in [2.24, 2.45) is 0 Å². The van der Waals surface area contributed by atoms with E-state index in [9.17, 15) is 4.79 Å². The van der Waals surface area contributed by atoms with Crippen LogP contribution in [0.2, 0.25) is 10.0 Å². The highest BCUT2D eigenvalue weighted by atomic mass is 35.5. The molecule has 25 heavy (non-hydrogen) atoms. The first-order valence-corrected chi connectivity index (χ1v) is 9.02. The fraction of sp³-hybridized carbons (Fsp3) is 0.111. The van der Waals surface area contributed by atoms with Crippen molar-refractivity contribution in [3.63, 3.8) is 0 Å². The molecule has 0 spiro atoms. The van der Waals surface area contributed by atoms with E-state index in [0.717, 1.165) is 16.9 Å². The summed E-state index contributed by atoms with van der Waals surface area (Å²) in [6, 6.07) is 12.6. The minimum Gasteiger partial charge on any atom is -0.497 e. The molecule has 0 radical (unpaired) electrons. The Morgan fingerprint density at radius 2 is 1.96 bits per heavy atom. The number of carbonyl (C=O) groups excluding carboxylic acids is 1. The molecule has 7 heteroatoms. The maximum atomic E-state index is 12.2. The molecule has 0 atom stereocenters. The first-order chi connectivity index (χ1) is 12.0. The predicted molar refractivity (Wildman–Crippen MR) is 103 cm³/mol. The molecule has 4 nitrogen and oxygen atoms in total. The Bertz CT molecular complexity index is 894. The molecule has 0 saturated heterocycles. The molecule has 0 bridgehead atoms. The molecule has 1 N–H and O–H groups in total. The van der Waals surface area contributed by atoms with Crippen molar-refractivity contribution in [1.82, 2.24) is 4.98 Å². The second kappa shape index (κ2) is 7.87. The number of aromatic nitrogens is 1. The third-order valence-corrected chi connectivity index (χ3v) is 4.79. The summed E-state index contributed by atoms with van der Waals surface area (Å²) in [6.07, 6.45) is 0.264. The number of nitrogens with one attached hydrogen (secondary N) is 1. The summed E-state index contributed by atoms with van der Waals surface area (Å²) < 4.78 is 5.10. The Labute approximate surface area is 159 Å². The number of methoxy groups -OCH3 is 1. The summed E-state index contributed by atoms with van der Waals surface area (Å²) in [6.45, 7) is 0. The number of carbonyl (C=O) groups is 1. The average molecular weight is 393 g/mol. The molecular formula is C18H14Cl2N2O2S. The molecule has 128 valence electrons. The zero-order valence-corrected chi connectivity index (χ0v) is 15.6. The first kappa shape index (κ1) is 17.7. The van der Waals surface area contributed by atoms with E-state index in [0.29, 0.717) is 20.9 Å². The Kier molecular flexibility index (Phi) is 5.58. The van der Waals surface area contributed by atoms with Crippen LogP contribution in [0.5, 0.6) is 5.75 Å². The molecule has 0 aliphatic heterocycles. The van der Waals surface area contributed by atoms with Crippen LogP contribution in [-0.2, 0) is 11.2 Å². The van der Waals surface area contributed by atoms with Crippen LogP contribution in [0.25, 0.3) is 11.3 Å². The van der Waals surface area contributed by atoms with Gasteiger partial charge in [-0.15, -0.1) is 11.3 Å². The van der Waals surface area contributed by atoms with Crippen LogP contribution in [0.3, 0.4) is 0 Å². The summed E-state index contributed by atoms with van der Waals surface area (Å²) in [7, 11) is 1.61. The fourth-order valence-corrected chi connectivity index (χ4v) is 3.48. The molecule has 0 saturated carbocycles. The second-order valence-corrected chi connectivity index (χ2v) is 6.94. The minimum atomic E-state index is -0.131. The molecule has 0 aliphatic rings. The average Bonchev–Trinajstić information content (AvgIpc) is 3.03. The standard InChI is InChI=1S/C18H14Cl2N2O2S/c1-24-13-5-2-11(3-6-13)8-17(23)22-18-21-16(10-25-18)14-7-4-12(19)9-15(14)20/h2-7,9-10H,8H2,1H3,(H,21,22,23). The number of anilines is 1. The van der Waals surface area contributed by atoms with Gasteiger partial charge in [0.25, 0.3) is 0 Å². The number of benzene rings is 2. The number of rotatable bonds is 5. The molecule has 3 rings (SSSR count). The summed E-state index contributed by atoms with van der Waals surface area (Å²) in [5.74, 6) is 0.627. The predicted octanol–water partition coefficient (Wildman–Crippen LogP) is 5.31. The van der Waals surface area contributed by atoms with Gasteiger partial charge in [-0.25, -0.2) is 4.98 Å². The van der Waals surface area contributed by atoms with Crippen molar-refractivity contribution in [3.05, 3.63) is 63.5 Å². The number of amides is 1. The van der Waals surface area contributed by atoms with Crippen molar-refractivity contribution in [3.8, 4) is 17.0 Å². The van der Waals surface area contributed by atoms with E-state index in [1.807, 2.05) is 35.7 Å². The SMILES string of the molecule is COc1ccc(CC(=O)Nc2nc(-c3ccc(Cl)cc3Cl)cs2)cc1. The van der Waals surface area contributed by atoms with E-state index >= 15 is 0 Å². The van der Waals surface area contributed by atoms with E-state index in [1.54, 1.807) is 19.2 Å². The molecule has 0 aliphatic carbocycles. The lowest BCUT2D eigenvalue weighted by Crippen LogP contribution is -2.14. The summed E-state index contributed by atoms with van der Waals surface area (Å²) in [5, 5.41) is 6.27. The van der Waals surface area contributed by atoms with Gasteiger partial charge in [-0.1, -0.05) is 35.3 Å². The normalized spacial score (nSPS) is 10.5. The Morgan fingerprint density at radius 3 is 2.64 bits per heavy atom. The summed E-state index contributed by atoms with van der Waals surface area (Å²) >= 11 is 13.4. The lowest BCUT2D eigenvalue weighted by molar-refractivity contribution is -0.115. The number of hydrogen-bond donors (Lipinski definition) is 1. The Balaban J connectivity index is 1.67. The van der Waals surface area contributed by atoms with E-state index in [-0.39, 0.29) is 12.3 Å². The minimum absolute atomic E-state index is 0.131. The maximum absolute atomic E-state index is 12.2. The van der Waals surface area contributed by atoms with E-state index in [4.69, 9.17) is 27.9 Å². The highest BCUT2D eigenvalue weighted by molar-refractivity contribution is 7.14. The topological polar surface area (TPSA) is 51.2 Å². The van der Waals surface area contributed by atoms with Gasteiger partial charge in [0, 0.05) is 16.0 Å². The zero-order valence-electron chi connectivity index (χ0n) is 13.3. The van der Waals surface area contributed by atoms with Crippen LogP contribution in [-0.4, -0.2) is 18.0 Å². The van der Waals surface area contributed by atoms with Gasteiger partial charge in [-0.05, 0) is 35.9 Å². The highest BCUT2D eigenvalue weighted by Gasteiger charge is 2.11. The molecule has 1 heterocycles. The van der Waals surface area contributed by atoms with Crippen molar-refractivity contribution in [1.29, 1.82) is 0 Å². The number of halogens is 2. The lowest BCUT2D eigenvalue weighted by Gasteiger charge is -2.04. The van der Waals surface area contributed by atoms with Gasteiger partial charge in [-0.3, -0.25) is 4.79 Å². The van der Waals surface area contributed by atoms with Crippen LogP contribution in [0.1, 0.15) is 5.56 Å². The Hall–Kier alpha value is -2.08. The molecule has 3 aromatic rings. The van der Waals surface area contributed by atoms with Crippen molar-refractivity contribution >= 4 is 45.6 Å². The molecule has 2 aromatic carbocycles. The summed E-state index contributed by atoms with van der Waals surface area (Å²) in [5.41, 5.74) is 2.38. The third-order valence-electron chi connectivity index (χ3n) is 3.48. The molecule has 1 amide bonds. The number of thiazole rings is 1. The number of ether oxygens (including phenoxy) is 1. The number of nitrogens with zero attached hydrogens (tertiary/aromatic N) is 1. The van der Waals surface area contributed by atoms with Gasteiger partial charge < -0.3 is 10.1 Å². The van der Waals surface area contributed by atoms with Gasteiger partial charge in [0.1, 0.15) is 5.75 Å². The maximum Gasteiger partial charge on any atom is 0.230 e. The van der Waals surface area contributed by atoms with Crippen LogP contribution < -0.4 is 10.1 Å². The quantitative estimate of drug-likeness (QED) is 0.640. The zero-order chi connectivity index (χ0) is 17.8. The molecule has 1 aromatic heterocycles. The first-order valence-electron chi connectivity index (χ1n) is 7.39. The highest BCUT2D eigenvalue weighted by Crippen LogP contribution is 2.32. The van der Waals surface area contributed by atoms with E-state index in [2.05, 4.69) is 10.3 Å². The van der Waals surface area contributed by atoms with Gasteiger partial charge >= 0.3 is 0 Å². The molecular weight excluding hydrogens is 379 g/mol. The second-order valence-electron chi connectivity index (χ2n) is 5.24. The van der Waals surface area contributed by atoms with Crippen LogP contribution in [0, 0.1) is 0 Å². The van der Waals surface area contributed by atoms with E-state index < -0.39 is 0 Å². The van der Waals surface area contributed by atoms with Crippen LogP contribution in [0.15, 0.2) is 47.8 Å². The third kappa shape index (κ3) is 4.51. The van der Waals surface area contributed by atoms with Gasteiger partial charge in [-0.2, -0.15) is 0 Å². The smallest absolute Gasteiger partial charge is 0.230 e. The van der Waals surface area contributed by atoms with Crippen molar-refractivity contribution in [2.45, 2.75) is 6.42 Å². The van der Waals surface area contributed by atoms with Crippen molar-refractivity contribution in [2.75, 3.05) is 12.4 Å². The van der Waals surface area contributed by atoms with Crippen molar-refractivity contribution < 1.29 is 9.53 Å². The lowest BCUT2D eigenvalue weighted by atomic mass is 10.1. The van der Waals surface area contributed by atoms with Crippen LogP contribution >= 0.6 is 34.5 Å². The molecule has 0 fully saturated rings. The number of hydrogen-bond acceptors (Lipinski definition) is 4. The van der Waals surface area contributed by atoms with Gasteiger partial charge in [0.15, 0.2) is 5.13 Å². The largest absolute Gasteiger partial charge is 0.497 e. The van der Waals surface area contributed by atoms with Gasteiger partial charge in [0.05, 0.1) is 24.2 Å².